The Kier molecular flexibility index (Phi) is 4.21. The van der Waals surface area contributed by atoms with Gasteiger partial charge in [-0.1, -0.05) is 22.9 Å². The highest BCUT2D eigenvalue weighted by atomic mass is 35.5. The van der Waals surface area contributed by atoms with Crippen molar-refractivity contribution in [3.63, 3.8) is 0 Å². The molecule has 0 unspecified atom stereocenters. The predicted molar refractivity (Wildman–Crippen MR) is 83.4 cm³/mol. The van der Waals surface area contributed by atoms with Gasteiger partial charge in [-0.15, -0.1) is 0 Å². The van der Waals surface area contributed by atoms with Gasteiger partial charge < -0.3 is 10.2 Å². The molecule has 1 aliphatic heterocycles. The highest BCUT2D eigenvalue weighted by Crippen LogP contribution is 2.28. The highest BCUT2D eigenvalue weighted by Gasteiger charge is 2.10. The largest absolute Gasteiger partial charge is 0.361 e. The van der Waals surface area contributed by atoms with Crippen molar-refractivity contribution >= 4 is 38.3 Å². The van der Waals surface area contributed by atoms with Crippen molar-refractivity contribution < 1.29 is 0 Å². The smallest absolute Gasteiger partial charge is 0.183 e. The molecule has 19 heavy (non-hydrogen) atoms. The maximum absolute atomic E-state index is 5.98. The molecule has 0 bridgehead atoms. The number of benzene rings is 1. The normalized spacial score (nSPS) is 16.3. The van der Waals surface area contributed by atoms with Crippen molar-refractivity contribution in [2.24, 2.45) is 0 Å². The van der Waals surface area contributed by atoms with E-state index in [-0.39, 0.29) is 0 Å². The van der Waals surface area contributed by atoms with Crippen molar-refractivity contribution in [3.05, 3.63) is 23.2 Å². The first-order chi connectivity index (χ1) is 9.31. The first-order valence-electron chi connectivity index (χ1n) is 6.83. The van der Waals surface area contributed by atoms with Crippen LogP contribution in [0.25, 0.3) is 10.2 Å². The minimum absolute atomic E-state index is 0.775. The average Bonchev–Trinajstić information content (AvgIpc) is 3.02. The zero-order chi connectivity index (χ0) is 13.1. The Balaban J connectivity index is 1.50. The first kappa shape index (κ1) is 13.2. The van der Waals surface area contributed by atoms with Crippen LogP contribution in [0.1, 0.15) is 19.3 Å². The number of nitrogens with one attached hydrogen (secondary N) is 1. The number of aromatic nitrogens is 1. The fraction of sp³-hybridized carbons (Fsp3) is 0.500. The van der Waals surface area contributed by atoms with Gasteiger partial charge in [-0.2, -0.15) is 0 Å². The Labute approximate surface area is 122 Å². The van der Waals surface area contributed by atoms with Crippen molar-refractivity contribution in [3.8, 4) is 0 Å². The van der Waals surface area contributed by atoms with E-state index in [1.165, 1.54) is 38.9 Å². The van der Waals surface area contributed by atoms with Crippen LogP contribution in [0.15, 0.2) is 18.2 Å². The molecule has 5 heteroatoms. The van der Waals surface area contributed by atoms with Gasteiger partial charge in [-0.25, -0.2) is 4.98 Å². The Morgan fingerprint density at radius 3 is 3.00 bits per heavy atom. The fourth-order valence-corrected chi connectivity index (χ4v) is 3.65. The number of likely N-dealkylation sites (tertiary alicyclic amines) is 1. The van der Waals surface area contributed by atoms with Crippen molar-refractivity contribution in [2.45, 2.75) is 19.3 Å². The number of nitrogens with zero attached hydrogens (tertiary/aromatic N) is 2. The Morgan fingerprint density at radius 2 is 2.16 bits per heavy atom. The summed E-state index contributed by atoms with van der Waals surface area (Å²) in [6, 6.07) is 5.84. The van der Waals surface area contributed by atoms with Crippen LogP contribution in [-0.4, -0.2) is 36.1 Å². The van der Waals surface area contributed by atoms with Crippen LogP contribution >= 0.6 is 22.9 Å². The molecule has 102 valence electrons. The van der Waals surface area contributed by atoms with Gasteiger partial charge in [-0.05, 0) is 57.1 Å². The van der Waals surface area contributed by atoms with E-state index in [1.807, 2.05) is 18.2 Å². The summed E-state index contributed by atoms with van der Waals surface area (Å²) in [4.78, 5) is 7.10. The number of hydrogen-bond donors (Lipinski definition) is 1. The summed E-state index contributed by atoms with van der Waals surface area (Å²) in [5, 5.41) is 5.19. The van der Waals surface area contributed by atoms with E-state index in [0.29, 0.717) is 0 Å². The minimum atomic E-state index is 0.775. The monoisotopic (exact) mass is 295 g/mol. The first-order valence-corrected chi connectivity index (χ1v) is 8.03. The van der Waals surface area contributed by atoms with Gasteiger partial charge in [0.1, 0.15) is 0 Å². The molecule has 0 saturated carbocycles. The third-order valence-corrected chi connectivity index (χ3v) is 4.69. The maximum Gasteiger partial charge on any atom is 0.183 e. The average molecular weight is 296 g/mol. The quantitative estimate of drug-likeness (QED) is 0.849. The molecule has 2 aromatic rings. The Hall–Kier alpha value is -0.840. The molecule has 3 nitrogen and oxygen atoms in total. The lowest BCUT2D eigenvalue weighted by Gasteiger charge is -2.13. The van der Waals surface area contributed by atoms with E-state index in [9.17, 15) is 0 Å². The van der Waals surface area contributed by atoms with E-state index < -0.39 is 0 Å². The van der Waals surface area contributed by atoms with Crippen LogP contribution in [0.2, 0.25) is 5.02 Å². The van der Waals surface area contributed by atoms with E-state index >= 15 is 0 Å². The zero-order valence-corrected chi connectivity index (χ0v) is 12.4. The van der Waals surface area contributed by atoms with E-state index in [0.717, 1.165) is 26.9 Å². The van der Waals surface area contributed by atoms with Crippen LogP contribution in [0, 0.1) is 0 Å². The number of thiazole rings is 1. The number of halogens is 1. The number of rotatable bonds is 5. The second-order valence-corrected chi connectivity index (χ2v) is 6.43. The van der Waals surface area contributed by atoms with Gasteiger partial charge in [0.15, 0.2) is 5.13 Å². The summed E-state index contributed by atoms with van der Waals surface area (Å²) >= 11 is 7.65. The molecule has 2 heterocycles. The molecule has 3 rings (SSSR count). The highest BCUT2D eigenvalue weighted by molar-refractivity contribution is 7.22. The van der Waals surface area contributed by atoms with Gasteiger partial charge in [0.2, 0.25) is 0 Å². The molecule has 1 aromatic carbocycles. The maximum atomic E-state index is 5.98. The summed E-state index contributed by atoms with van der Waals surface area (Å²) in [6.07, 6.45) is 3.91. The zero-order valence-electron chi connectivity index (χ0n) is 10.9. The lowest BCUT2D eigenvalue weighted by atomic mass is 10.3. The molecule has 0 spiro atoms. The van der Waals surface area contributed by atoms with Crippen molar-refractivity contribution in [1.29, 1.82) is 0 Å². The van der Waals surface area contributed by atoms with Crippen molar-refractivity contribution in [1.82, 2.24) is 9.88 Å². The Morgan fingerprint density at radius 1 is 1.32 bits per heavy atom. The lowest BCUT2D eigenvalue weighted by molar-refractivity contribution is 0.337. The molecular formula is C14H18ClN3S. The molecule has 1 N–H and O–H groups in total. The summed E-state index contributed by atoms with van der Waals surface area (Å²) in [7, 11) is 0. The van der Waals surface area contributed by atoms with Crippen molar-refractivity contribution in [2.75, 3.05) is 31.5 Å². The molecule has 0 aliphatic carbocycles. The molecule has 0 radical (unpaired) electrons. The van der Waals surface area contributed by atoms with Crippen LogP contribution in [-0.2, 0) is 0 Å². The van der Waals surface area contributed by atoms with E-state index in [1.54, 1.807) is 11.3 Å². The topological polar surface area (TPSA) is 28.2 Å². The molecule has 1 aliphatic rings. The number of anilines is 1. The fourth-order valence-electron chi connectivity index (χ4n) is 2.48. The molecule has 1 aromatic heterocycles. The van der Waals surface area contributed by atoms with Crippen LogP contribution < -0.4 is 5.32 Å². The minimum Gasteiger partial charge on any atom is -0.361 e. The van der Waals surface area contributed by atoms with Crippen LogP contribution in [0.4, 0.5) is 5.13 Å². The number of hydrogen-bond acceptors (Lipinski definition) is 4. The SMILES string of the molecule is Clc1ccc2nc(NCCCN3CCCC3)sc2c1. The van der Waals surface area contributed by atoms with Crippen LogP contribution in [0.5, 0.6) is 0 Å². The van der Waals surface area contributed by atoms with Crippen LogP contribution in [0.3, 0.4) is 0 Å². The molecule has 0 amide bonds. The van der Waals surface area contributed by atoms with Gasteiger partial charge in [0.25, 0.3) is 0 Å². The molecule has 0 atom stereocenters. The molecule has 1 saturated heterocycles. The van der Waals surface area contributed by atoms with Gasteiger partial charge in [-0.3, -0.25) is 0 Å². The van der Waals surface area contributed by atoms with E-state index in [4.69, 9.17) is 11.6 Å². The summed E-state index contributed by atoms with van der Waals surface area (Å²) in [6.45, 7) is 4.74. The molecular weight excluding hydrogens is 278 g/mol. The second kappa shape index (κ2) is 6.07. The van der Waals surface area contributed by atoms with Gasteiger partial charge >= 0.3 is 0 Å². The van der Waals surface area contributed by atoms with Gasteiger partial charge in [0.05, 0.1) is 10.2 Å². The third kappa shape index (κ3) is 3.38. The van der Waals surface area contributed by atoms with Gasteiger partial charge in [0, 0.05) is 11.6 Å². The Bertz CT molecular complexity index is 549. The standard InChI is InChI=1S/C14H18ClN3S/c15-11-4-5-12-13(10-11)19-14(17-12)16-6-3-9-18-7-1-2-8-18/h4-5,10H,1-3,6-9H2,(H,16,17). The van der Waals surface area contributed by atoms with E-state index in [2.05, 4.69) is 15.2 Å². The molecule has 1 fully saturated rings. The lowest BCUT2D eigenvalue weighted by Crippen LogP contribution is -2.22. The summed E-state index contributed by atoms with van der Waals surface area (Å²) < 4.78 is 1.15. The summed E-state index contributed by atoms with van der Waals surface area (Å²) in [5.74, 6) is 0. The predicted octanol–water partition coefficient (Wildman–Crippen LogP) is 3.85. The number of fused-ring (bicyclic) bond motifs is 1. The second-order valence-electron chi connectivity index (χ2n) is 4.96. The summed E-state index contributed by atoms with van der Waals surface area (Å²) in [5.41, 5.74) is 1.02. The third-order valence-electron chi connectivity index (χ3n) is 3.48.